The number of benzene rings is 1. The largest absolute Gasteiger partial charge is 0.313 e. The third-order valence-electron chi connectivity index (χ3n) is 2.31. The van der Waals surface area contributed by atoms with Gasteiger partial charge >= 0.3 is 0 Å². The molecule has 0 spiro atoms. The van der Waals surface area contributed by atoms with Crippen molar-refractivity contribution in [2.45, 2.75) is 6.42 Å². The quantitative estimate of drug-likeness (QED) is 0.762. The lowest BCUT2D eigenvalue weighted by Crippen LogP contribution is -2.19. The van der Waals surface area contributed by atoms with Crippen molar-refractivity contribution < 1.29 is 0 Å². The van der Waals surface area contributed by atoms with E-state index in [1.54, 1.807) is 0 Å². The number of nitrogens with zero attached hydrogens (tertiary/aromatic N) is 1. The van der Waals surface area contributed by atoms with Crippen LogP contribution in [0.4, 0.5) is 0 Å². The van der Waals surface area contributed by atoms with Crippen LogP contribution < -0.4 is 5.32 Å². The maximum atomic E-state index is 6.02. The van der Waals surface area contributed by atoms with Gasteiger partial charge in [0, 0.05) is 42.0 Å². The molecule has 0 aromatic heterocycles. The minimum absolute atomic E-state index is 0.746. The van der Waals surface area contributed by atoms with E-state index >= 15 is 0 Å². The van der Waals surface area contributed by atoms with Gasteiger partial charge in [-0.2, -0.15) is 0 Å². The standard InChI is InChI=1S/C12H13ClN2/c13-12-4-2-1-3-10(12)9-15-11-5-7-14-8-6-11/h1-5,9,14H,6-8H2. The van der Waals surface area contributed by atoms with E-state index in [-0.39, 0.29) is 0 Å². The van der Waals surface area contributed by atoms with E-state index in [9.17, 15) is 0 Å². The summed E-state index contributed by atoms with van der Waals surface area (Å²) in [5, 5.41) is 3.99. The van der Waals surface area contributed by atoms with Crippen molar-refractivity contribution in [1.82, 2.24) is 5.32 Å². The van der Waals surface area contributed by atoms with Crippen LogP contribution in [0.1, 0.15) is 12.0 Å². The van der Waals surface area contributed by atoms with E-state index in [2.05, 4.69) is 16.4 Å². The molecule has 1 aromatic rings. The number of hydrogen-bond acceptors (Lipinski definition) is 2. The fourth-order valence-electron chi connectivity index (χ4n) is 1.46. The average Bonchev–Trinajstić information content (AvgIpc) is 2.29. The highest BCUT2D eigenvalue weighted by atomic mass is 35.5. The molecule has 1 aromatic carbocycles. The number of rotatable bonds is 2. The van der Waals surface area contributed by atoms with Crippen LogP contribution in [0.5, 0.6) is 0 Å². The van der Waals surface area contributed by atoms with Gasteiger partial charge in [-0.05, 0) is 12.1 Å². The monoisotopic (exact) mass is 220 g/mol. The number of nitrogens with one attached hydrogen (secondary N) is 1. The van der Waals surface area contributed by atoms with E-state index in [4.69, 9.17) is 11.6 Å². The van der Waals surface area contributed by atoms with E-state index in [1.807, 2.05) is 30.5 Å². The third kappa shape index (κ3) is 2.91. The molecule has 78 valence electrons. The Balaban J connectivity index is 2.11. The molecule has 2 rings (SSSR count). The van der Waals surface area contributed by atoms with Crippen LogP contribution in [-0.4, -0.2) is 19.3 Å². The van der Waals surface area contributed by atoms with Crippen LogP contribution in [-0.2, 0) is 0 Å². The summed E-state index contributed by atoms with van der Waals surface area (Å²) in [5.74, 6) is 0. The van der Waals surface area contributed by atoms with E-state index in [0.29, 0.717) is 0 Å². The maximum Gasteiger partial charge on any atom is 0.0493 e. The molecule has 0 fully saturated rings. The summed E-state index contributed by atoms with van der Waals surface area (Å²) >= 11 is 6.02. The van der Waals surface area contributed by atoms with Crippen LogP contribution in [0.3, 0.4) is 0 Å². The first-order valence-electron chi connectivity index (χ1n) is 5.04. The second-order valence-corrected chi connectivity index (χ2v) is 3.84. The van der Waals surface area contributed by atoms with E-state index in [1.165, 1.54) is 0 Å². The van der Waals surface area contributed by atoms with Crippen molar-refractivity contribution >= 4 is 17.8 Å². The fraction of sp³-hybridized carbons (Fsp3) is 0.250. The summed E-state index contributed by atoms with van der Waals surface area (Å²) in [5.41, 5.74) is 2.10. The molecule has 3 heteroatoms. The lowest BCUT2D eigenvalue weighted by molar-refractivity contribution is 0.699. The Labute approximate surface area is 94.7 Å². The van der Waals surface area contributed by atoms with Gasteiger partial charge in [-0.25, -0.2) is 0 Å². The maximum absolute atomic E-state index is 6.02. The molecule has 1 aliphatic rings. The van der Waals surface area contributed by atoms with E-state index in [0.717, 1.165) is 35.8 Å². The van der Waals surface area contributed by atoms with Crippen molar-refractivity contribution in [2.75, 3.05) is 13.1 Å². The second kappa shape index (κ2) is 5.10. The zero-order valence-corrected chi connectivity index (χ0v) is 9.17. The molecule has 1 N–H and O–H groups in total. The molecule has 0 aliphatic carbocycles. The first kappa shape index (κ1) is 10.4. The molecule has 15 heavy (non-hydrogen) atoms. The third-order valence-corrected chi connectivity index (χ3v) is 2.66. The zero-order valence-electron chi connectivity index (χ0n) is 8.41. The highest BCUT2D eigenvalue weighted by Gasteiger charge is 2.00. The highest BCUT2D eigenvalue weighted by Crippen LogP contribution is 2.13. The van der Waals surface area contributed by atoms with Gasteiger partial charge in [0.15, 0.2) is 0 Å². The number of hydrogen-bond donors (Lipinski definition) is 1. The van der Waals surface area contributed by atoms with Crippen LogP contribution in [0.15, 0.2) is 41.0 Å². The summed E-state index contributed by atoms with van der Waals surface area (Å²) in [6.45, 7) is 1.92. The first-order valence-corrected chi connectivity index (χ1v) is 5.42. The van der Waals surface area contributed by atoms with Gasteiger partial charge in [-0.15, -0.1) is 0 Å². The number of aliphatic imine (C=N–C) groups is 1. The summed E-state index contributed by atoms with van der Waals surface area (Å²) in [7, 11) is 0. The molecule has 1 aliphatic heterocycles. The Morgan fingerprint density at radius 1 is 1.33 bits per heavy atom. The molecule has 2 nitrogen and oxygen atoms in total. The van der Waals surface area contributed by atoms with Crippen LogP contribution in [0.2, 0.25) is 5.02 Å². The Hall–Kier alpha value is -1.12. The summed E-state index contributed by atoms with van der Waals surface area (Å²) in [6, 6.07) is 7.72. The van der Waals surface area contributed by atoms with Crippen LogP contribution in [0.25, 0.3) is 0 Å². The Morgan fingerprint density at radius 2 is 2.20 bits per heavy atom. The smallest absolute Gasteiger partial charge is 0.0493 e. The summed E-state index contributed by atoms with van der Waals surface area (Å²) < 4.78 is 0. The van der Waals surface area contributed by atoms with Gasteiger partial charge in [0.05, 0.1) is 0 Å². The molecular weight excluding hydrogens is 208 g/mol. The molecule has 0 amide bonds. The molecular formula is C12H13ClN2. The van der Waals surface area contributed by atoms with Crippen molar-refractivity contribution in [3.05, 3.63) is 46.6 Å². The second-order valence-electron chi connectivity index (χ2n) is 3.43. The number of halogens is 1. The SMILES string of the molecule is Clc1ccccc1C=NC1=CCNCC1. The Morgan fingerprint density at radius 3 is 2.93 bits per heavy atom. The lowest BCUT2D eigenvalue weighted by Gasteiger charge is -2.09. The van der Waals surface area contributed by atoms with Gasteiger partial charge < -0.3 is 5.32 Å². The van der Waals surface area contributed by atoms with Crippen molar-refractivity contribution in [2.24, 2.45) is 4.99 Å². The minimum Gasteiger partial charge on any atom is -0.313 e. The predicted octanol–water partition coefficient (Wildman–Crippen LogP) is 2.64. The van der Waals surface area contributed by atoms with Crippen molar-refractivity contribution in [1.29, 1.82) is 0 Å². The highest BCUT2D eigenvalue weighted by molar-refractivity contribution is 6.33. The zero-order chi connectivity index (χ0) is 10.5. The Bertz CT molecular complexity index is 396. The van der Waals surface area contributed by atoms with Gasteiger partial charge in [0.1, 0.15) is 0 Å². The Kier molecular flexibility index (Phi) is 3.54. The van der Waals surface area contributed by atoms with Crippen LogP contribution >= 0.6 is 11.6 Å². The van der Waals surface area contributed by atoms with Crippen molar-refractivity contribution in [3.63, 3.8) is 0 Å². The molecule has 0 saturated heterocycles. The first-order chi connectivity index (χ1) is 7.36. The van der Waals surface area contributed by atoms with Gasteiger partial charge in [0.25, 0.3) is 0 Å². The molecule has 0 radical (unpaired) electrons. The average molecular weight is 221 g/mol. The summed E-state index contributed by atoms with van der Waals surface area (Å²) in [4.78, 5) is 4.43. The molecule has 1 heterocycles. The van der Waals surface area contributed by atoms with E-state index < -0.39 is 0 Å². The molecule has 0 unspecified atom stereocenters. The minimum atomic E-state index is 0.746. The van der Waals surface area contributed by atoms with Crippen LogP contribution in [0, 0.1) is 0 Å². The molecule has 0 bridgehead atoms. The lowest BCUT2D eigenvalue weighted by atomic mass is 10.2. The van der Waals surface area contributed by atoms with Gasteiger partial charge in [-0.1, -0.05) is 29.8 Å². The molecule has 0 saturated carbocycles. The fourth-order valence-corrected chi connectivity index (χ4v) is 1.64. The summed E-state index contributed by atoms with van der Waals surface area (Å²) in [6.07, 6.45) is 4.93. The van der Waals surface area contributed by atoms with Gasteiger partial charge in [-0.3, -0.25) is 4.99 Å². The molecule has 0 atom stereocenters. The van der Waals surface area contributed by atoms with Gasteiger partial charge in [0.2, 0.25) is 0 Å². The predicted molar refractivity (Wildman–Crippen MR) is 64.6 cm³/mol. The van der Waals surface area contributed by atoms with Crippen molar-refractivity contribution in [3.8, 4) is 0 Å². The normalized spacial score (nSPS) is 16.7. The topological polar surface area (TPSA) is 24.4 Å².